The maximum Gasteiger partial charge on any atom is 0.242 e. The maximum absolute atomic E-state index is 6.19. The molecule has 0 spiro atoms. The van der Waals surface area contributed by atoms with Crippen LogP contribution in [0, 0.1) is 0 Å². The van der Waals surface area contributed by atoms with Crippen LogP contribution in [0.1, 0.15) is 12.5 Å². The number of nitrogens with zero attached hydrogens (tertiary/aromatic N) is 1. The number of fused-ring (bicyclic) bond motifs is 1. The van der Waals surface area contributed by atoms with E-state index in [0.717, 1.165) is 11.4 Å². The van der Waals surface area contributed by atoms with Gasteiger partial charge in [0.25, 0.3) is 0 Å². The Morgan fingerprint density at radius 1 is 1.31 bits per heavy atom. The van der Waals surface area contributed by atoms with Gasteiger partial charge in [-0.25, -0.2) is 5.43 Å². The topological polar surface area (TPSA) is 66.9 Å². The van der Waals surface area contributed by atoms with Crippen LogP contribution in [0.25, 0.3) is 0 Å². The van der Waals surface area contributed by atoms with Gasteiger partial charge in [-0.05, 0) is 55.5 Å². The van der Waals surface area contributed by atoms with Gasteiger partial charge in [0.05, 0.1) is 22.9 Å². The molecule has 3 N–H and O–H groups in total. The van der Waals surface area contributed by atoms with Crippen molar-refractivity contribution in [3.63, 3.8) is 0 Å². The van der Waals surface area contributed by atoms with Gasteiger partial charge in [0.2, 0.25) is 5.90 Å². The number of thiocarbonyl (C=S) groups is 1. The molecule has 3 rings (SSSR count). The Bertz CT molecular complexity index is 843. The zero-order valence-corrected chi connectivity index (χ0v) is 16.1. The molecule has 1 aliphatic heterocycles. The van der Waals surface area contributed by atoms with Gasteiger partial charge in [-0.2, -0.15) is 0 Å². The van der Waals surface area contributed by atoms with Crippen molar-refractivity contribution in [2.45, 2.75) is 6.92 Å². The normalized spacial score (nSPS) is 14.0. The van der Waals surface area contributed by atoms with E-state index in [0.29, 0.717) is 38.9 Å². The number of rotatable bonds is 4. The van der Waals surface area contributed by atoms with Crippen LogP contribution in [-0.4, -0.2) is 24.3 Å². The summed E-state index contributed by atoms with van der Waals surface area (Å²) in [7, 11) is 0. The lowest BCUT2D eigenvalue weighted by Gasteiger charge is -2.22. The van der Waals surface area contributed by atoms with Gasteiger partial charge in [0, 0.05) is 10.7 Å². The number of anilines is 2. The van der Waals surface area contributed by atoms with Crippen molar-refractivity contribution in [1.29, 1.82) is 0 Å². The summed E-state index contributed by atoms with van der Waals surface area (Å²) in [5, 5.41) is 11.6. The summed E-state index contributed by atoms with van der Waals surface area (Å²) in [5.74, 6) is 1.14. The predicted molar refractivity (Wildman–Crippen MR) is 110 cm³/mol. The molecule has 0 aliphatic carbocycles. The molecule has 26 heavy (non-hydrogen) atoms. The predicted octanol–water partition coefficient (Wildman–Crippen LogP) is 4.44. The van der Waals surface area contributed by atoms with Crippen LogP contribution in [0.4, 0.5) is 11.4 Å². The highest BCUT2D eigenvalue weighted by molar-refractivity contribution is 7.80. The van der Waals surface area contributed by atoms with Crippen molar-refractivity contribution in [3.05, 3.63) is 52.0 Å². The largest absolute Gasteiger partial charge is 0.494 e. The number of hydrogen-bond acceptors (Lipinski definition) is 5. The lowest BCUT2D eigenvalue weighted by molar-refractivity contribution is 0.326. The van der Waals surface area contributed by atoms with Crippen LogP contribution < -0.4 is 20.8 Å². The monoisotopic (exact) mass is 410 g/mol. The van der Waals surface area contributed by atoms with E-state index in [2.05, 4.69) is 21.2 Å². The third kappa shape index (κ3) is 4.49. The second kappa shape index (κ2) is 8.44. The molecule has 9 heteroatoms. The molecule has 0 radical (unpaired) electrons. The standard InChI is InChI=1S/C17H16Cl2N4O2S/c1-2-24-12-5-3-11(4-6-12)21-17(26)23-22-16-13-7-10(18)8-14(19)15(13)20-9-25-16/h3-8,20H,2,9H2,1H3,(H2,21,23,26)/b22-16-. The molecule has 6 nitrogen and oxygen atoms in total. The van der Waals surface area contributed by atoms with E-state index in [9.17, 15) is 0 Å². The van der Waals surface area contributed by atoms with Crippen LogP contribution in [0.2, 0.25) is 10.0 Å². The Kier molecular flexibility index (Phi) is 6.03. The molecule has 0 saturated carbocycles. The lowest BCUT2D eigenvalue weighted by atomic mass is 10.1. The minimum absolute atomic E-state index is 0.244. The van der Waals surface area contributed by atoms with Gasteiger partial charge in [0.1, 0.15) is 5.75 Å². The fraction of sp³-hybridized carbons (Fsp3) is 0.176. The average molecular weight is 411 g/mol. The zero-order valence-electron chi connectivity index (χ0n) is 13.8. The summed E-state index contributed by atoms with van der Waals surface area (Å²) < 4.78 is 10.9. The second-order valence-corrected chi connectivity index (χ2v) is 6.47. The number of nitrogens with one attached hydrogen (secondary N) is 3. The van der Waals surface area contributed by atoms with Gasteiger partial charge >= 0.3 is 0 Å². The zero-order chi connectivity index (χ0) is 18.5. The molecular weight excluding hydrogens is 395 g/mol. The Balaban J connectivity index is 1.68. The number of hydrogen-bond donors (Lipinski definition) is 3. The van der Waals surface area contributed by atoms with Gasteiger partial charge in [0.15, 0.2) is 11.8 Å². The summed E-state index contributed by atoms with van der Waals surface area (Å²) in [6.45, 7) is 2.80. The van der Waals surface area contributed by atoms with Gasteiger partial charge in [-0.15, -0.1) is 5.10 Å². The summed E-state index contributed by atoms with van der Waals surface area (Å²) >= 11 is 17.5. The summed E-state index contributed by atoms with van der Waals surface area (Å²) in [6, 6.07) is 10.8. The first-order valence-corrected chi connectivity index (χ1v) is 8.97. The van der Waals surface area contributed by atoms with Crippen molar-refractivity contribution < 1.29 is 9.47 Å². The average Bonchev–Trinajstić information content (AvgIpc) is 2.62. The lowest BCUT2D eigenvalue weighted by Crippen LogP contribution is -2.29. The van der Waals surface area contributed by atoms with E-state index in [4.69, 9.17) is 44.9 Å². The molecular formula is C17H16Cl2N4O2S. The Hall–Kier alpha value is -2.22. The summed E-state index contributed by atoms with van der Waals surface area (Å²) in [4.78, 5) is 0. The van der Waals surface area contributed by atoms with E-state index in [1.54, 1.807) is 12.1 Å². The first-order valence-electron chi connectivity index (χ1n) is 7.80. The van der Waals surface area contributed by atoms with Crippen molar-refractivity contribution in [3.8, 4) is 5.75 Å². The molecule has 0 bridgehead atoms. The fourth-order valence-electron chi connectivity index (χ4n) is 2.33. The minimum atomic E-state index is 0.244. The van der Waals surface area contributed by atoms with Crippen LogP contribution in [0.15, 0.2) is 41.5 Å². The van der Waals surface area contributed by atoms with Crippen LogP contribution in [-0.2, 0) is 4.74 Å². The Morgan fingerprint density at radius 2 is 2.08 bits per heavy atom. The van der Waals surface area contributed by atoms with Crippen molar-refractivity contribution in [2.75, 3.05) is 24.0 Å². The van der Waals surface area contributed by atoms with E-state index in [-0.39, 0.29) is 6.73 Å². The van der Waals surface area contributed by atoms with Crippen molar-refractivity contribution >= 4 is 57.8 Å². The number of hydrazone groups is 1. The second-order valence-electron chi connectivity index (χ2n) is 5.22. The Morgan fingerprint density at radius 3 is 2.81 bits per heavy atom. The molecule has 136 valence electrons. The highest BCUT2D eigenvalue weighted by Gasteiger charge is 2.20. The number of ether oxygens (including phenoxy) is 2. The highest BCUT2D eigenvalue weighted by atomic mass is 35.5. The van der Waals surface area contributed by atoms with E-state index in [1.165, 1.54) is 0 Å². The van der Waals surface area contributed by atoms with Gasteiger partial charge in [-0.1, -0.05) is 23.2 Å². The molecule has 0 aromatic heterocycles. The fourth-order valence-corrected chi connectivity index (χ4v) is 3.05. The van der Waals surface area contributed by atoms with Gasteiger partial charge < -0.3 is 20.1 Å². The first kappa shape index (κ1) is 18.6. The minimum Gasteiger partial charge on any atom is -0.494 e. The van der Waals surface area contributed by atoms with Crippen molar-refractivity contribution in [1.82, 2.24) is 5.43 Å². The number of benzene rings is 2. The molecule has 1 aliphatic rings. The molecule has 2 aromatic carbocycles. The SMILES string of the molecule is CCOc1ccc(NC(=S)N/N=C2\OCNc3c(Cl)cc(Cl)cc32)cc1. The summed E-state index contributed by atoms with van der Waals surface area (Å²) in [5.41, 5.74) is 4.94. The summed E-state index contributed by atoms with van der Waals surface area (Å²) in [6.07, 6.45) is 0. The molecule has 0 amide bonds. The van der Waals surface area contributed by atoms with E-state index >= 15 is 0 Å². The van der Waals surface area contributed by atoms with Crippen LogP contribution >= 0.6 is 35.4 Å². The quantitative estimate of drug-likeness (QED) is 0.511. The van der Waals surface area contributed by atoms with E-state index in [1.807, 2.05) is 31.2 Å². The van der Waals surface area contributed by atoms with E-state index < -0.39 is 0 Å². The molecule has 0 unspecified atom stereocenters. The maximum atomic E-state index is 6.19. The molecule has 0 fully saturated rings. The Labute approximate surface area is 166 Å². The van der Waals surface area contributed by atoms with Gasteiger partial charge in [-0.3, -0.25) is 0 Å². The molecule has 0 saturated heterocycles. The molecule has 2 aromatic rings. The number of halogens is 2. The molecule has 0 atom stereocenters. The first-order chi connectivity index (χ1) is 12.6. The third-order valence-electron chi connectivity index (χ3n) is 3.43. The van der Waals surface area contributed by atoms with Crippen LogP contribution in [0.5, 0.6) is 5.75 Å². The van der Waals surface area contributed by atoms with Crippen molar-refractivity contribution in [2.24, 2.45) is 5.10 Å². The smallest absolute Gasteiger partial charge is 0.242 e. The molecule has 1 heterocycles. The third-order valence-corrected chi connectivity index (χ3v) is 4.14. The van der Waals surface area contributed by atoms with Crippen LogP contribution in [0.3, 0.4) is 0 Å². The highest BCUT2D eigenvalue weighted by Crippen LogP contribution is 2.32.